The average Bonchev–Trinajstić information content (AvgIpc) is 3.42. The van der Waals surface area contributed by atoms with E-state index in [2.05, 4.69) is 22.0 Å². The molecular formula is C18H18ClN5O3S. The third kappa shape index (κ3) is 2.39. The third-order valence-electron chi connectivity index (χ3n) is 6.12. The molecule has 4 heterocycles. The minimum Gasteiger partial charge on any atom is -0.336 e. The Morgan fingerprint density at radius 3 is 2.71 bits per heavy atom. The van der Waals surface area contributed by atoms with Crippen LogP contribution in [0.2, 0.25) is 5.02 Å². The van der Waals surface area contributed by atoms with Gasteiger partial charge in [-0.3, -0.25) is 9.89 Å². The lowest BCUT2D eigenvalue weighted by molar-refractivity contribution is 0.0768. The number of sulfonamides is 1. The van der Waals surface area contributed by atoms with Crippen LogP contribution in [-0.2, 0) is 10.0 Å². The summed E-state index contributed by atoms with van der Waals surface area (Å²) in [6.45, 7) is 5.10. The molecule has 1 amide bonds. The fourth-order valence-corrected chi connectivity index (χ4v) is 7.43. The number of H-pyrrole nitrogens is 1. The van der Waals surface area contributed by atoms with Crippen LogP contribution in [0, 0.1) is 11.8 Å². The van der Waals surface area contributed by atoms with Crippen LogP contribution in [0.1, 0.15) is 16.9 Å². The highest BCUT2D eigenvalue weighted by molar-refractivity contribution is 7.89. The molecule has 0 spiro atoms. The van der Waals surface area contributed by atoms with Crippen LogP contribution < -0.4 is 0 Å². The maximum Gasteiger partial charge on any atom is 0.276 e. The van der Waals surface area contributed by atoms with Crippen molar-refractivity contribution in [1.82, 2.24) is 24.6 Å². The van der Waals surface area contributed by atoms with Crippen LogP contribution in [0.3, 0.4) is 0 Å². The highest BCUT2D eigenvalue weighted by atomic mass is 35.5. The zero-order chi connectivity index (χ0) is 19.6. The minimum atomic E-state index is -3.75. The van der Waals surface area contributed by atoms with Gasteiger partial charge in [-0.2, -0.15) is 4.31 Å². The average molecular weight is 420 g/mol. The van der Waals surface area contributed by atoms with Gasteiger partial charge in [0.2, 0.25) is 10.0 Å². The summed E-state index contributed by atoms with van der Waals surface area (Å²) in [7, 11) is -3.75. The Bertz CT molecular complexity index is 1070. The number of likely N-dealkylation sites (tertiary alicyclic amines) is 1. The van der Waals surface area contributed by atoms with E-state index in [-0.39, 0.29) is 45.4 Å². The van der Waals surface area contributed by atoms with Gasteiger partial charge in [-0.05, 0) is 24.5 Å². The fraction of sp³-hybridized carbons (Fsp3) is 0.389. The number of carbonyl (C=O) groups is 1. The summed E-state index contributed by atoms with van der Waals surface area (Å²) < 4.78 is 28.4. The van der Waals surface area contributed by atoms with Gasteiger partial charge >= 0.3 is 0 Å². The molecule has 10 heteroatoms. The second-order valence-electron chi connectivity index (χ2n) is 7.54. The second-order valence-corrected chi connectivity index (χ2v) is 9.76. The predicted octanol–water partition coefficient (Wildman–Crippen LogP) is 1.55. The molecule has 0 saturated carbocycles. The summed E-state index contributed by atoms with van der Waals surface area (Å²) in [4.78, 5) is 14.5. The molecule has 4 atom stereocenters. The lowest BCUT2D eigenvalue weighted by Crippen LogP contribution is -2.41. The first-order valence-electron chi connectivity index (χ1n) is 9.01. The van der Waals surface area contributed by atoms with E-state index in [1.165, 1.54) is 12.3 Å². The van der Waals surface area contributed by atoms with Crippen LogP contribution in [0.5, 0.6) is 0 Å². The van der Waals surface area contributed by atoms with Crippen molar-refractivity contribution in [3.8, 4) is 0 Å². The zero-order valence-corrected chi connectivity index (χ0v) is 16.4. The number of aromatic amines is 1. The van der Waals surface area contributed by atoms with Crippen LogP contribution in [0.15, 0.2) is 47.5 Å². The Labute approximate surface area is 167 Å². The molecule has 0 unspecified atom stereocenters. The molecule has 3 aliphatic heterocycles. The van der Waals surface area contributed by atoms with E-state index in [1.54, 1.807) is 27.4 Å². The van der Waals surface area contributed by atoms with Crippen molar-refractivity contribution in [3.63, 3.8) is 0 Å². The summed E-state index contributed by atoms with van der Waals surface area (Å²) in [6.07, 6.45) is 2.08. The molecule has 3 aliphatic rings. The summed E-state index contributed by atoms with van der Waals surface area (Å²) >= 11 is 6.18. The Kier molecular flexibility index (Phi) is 3.91. The molecule has 2 aromatic rings. The number of aromatic nitrogens is 3. The fourth-order valence-electron chi connectivity index (χ4n) is 5.02. The number of amides is 1. The smallest absolute Gasteiger partial charge is 0.276 e. The standard InChI is InChI=1S/C18H18ClN5O3S/c1-10-6-15-11-8-23(18(25)14-7-20-22-21-14)9-12(11)17(10)24(15)28(26,27)16-5-3-2-4-13(16)19/h2-5,7,11-12,15,17H,1,6,8-9H2,(H,20,21,22)/t11-,12+,15-,17+/m1/s1. The van der Waals surface area contributed by atoms with Crippen molar-refractivity contribution in [2.45, 2.75) is 23.4 Å². The van der Waals surface area contributed by atoms with Crippen LogP contribution in [-0.4, -0.2) is 64.1 Å². The van der Waals surface area contributed by atoms with Crippen molar-refractivity contribution >= 4 is 27.5 Å². The molecule has 0 aliphatic carbocycles. The normalized spacial score (nSPS) is 29.5. The number of benzene rings is 1. The van der Waals surface area contributed by atoms with E-state index in [9.17, 15) is 13.2 Å². The topological polar surface area (TPSA) is 99.3 Å². The molecular weight excluding hydrogens is 402 g/mol. The number of carbonyl (C=O) groups excluding carboxylic acids is 1. The molecule has 28 heavy (non-hydrogen) atoms. The summed E-state index contributed by atoms with van der Waals surface area (Å²) in [6, 6.07) is 5.98. The molecule has 3 saturated heterocycles. The lowest BCUT2D eigenvalue weighted by atomic mass is 9.80. The highest BCUT2D eigenvalue weighted by Crippen LogP contribution is 2.53. The van der Waals surface area contributed by atoms with Gasteiger partial charge < -0.3 is 4.90 Å². The minimum absolute atomic E-state index is 0.0272. The molecule has 1 aromatic heterocycles. The SMILES string of the molecule is C=C1C[C@@H]2[C@@H]3CN(C(=O)c4c[nH]nn4)C[C@@H]3[C@H]1N2S(=O)(=O)c1ccccc1Cl. The first kappa shape index (κ1) is 17.8. The molecule has 1 aromatic carbocycles. The van der Waals surface area contributed by atoms with E-state index in [0.717, 1.165) is 5.57 Å². The molecule has 0 radical (unpaired) electrons. The lowest BCUT2D eigenvalue weighted by Gasteiger charge is -2.26. The molecule has 8 nitrogen and oxygen atoms in total. The number of nitrogens with zero attached hydrogens (tertiary/aromatic N) is 4. The third-order valence-corrected chi connectivity index (χ3v) is 8.52. The van der Waals surface area contributed by atoms with Crippen molar-refractivity contribution < 1.29 is 13.2 Å². The van der Waals surface area contributed by atoms with Crippen LogP contribution in [0.4, 0.5) is 0 Å². The maximum absolute atomic E-state index is 13.4. The van der Waals surface area contributed by atoms with E-state index in [1.807, 2.05) is 0 Å². The number of hydrogen-bond donors (Lipinski definition) is 1. The Balaban J connectivity index is 1.46. The van der Waals surface area contributed by atoms with Gasteiger partial charge in [0.1, 0.15) is 4.90 Å². The van der Waals surface area contributed by atoms with Crippen molar-refractivity contribution in [2.24, 2.45) is 11.8 Å². The number of hydrogen-bond acceptors (Lipinski definition) is 5. The first-order valence-corrected chi connectivity index (χ1v) is 10.8. The zero-order valence-electron chi connectivity index (χ0n) is 14.8. The first-order chi connectivity index (χ1) is 13.4. The largest absolute Gasteiger partial charge is 0.336 e. The Morgan fingerprint density at radius 2 is 2.00 bits per heavy atom. The Hall–Kier alpha value is -2.23. The van der Waals surface area contributed by atoms with Gasteiger partial charge in [-0.1, -0.05) is 41.1 Å². The van der Waals surface area contributed by atoms with Gasteiger partial charge in [0, 0.05) is 25.0 Å². The molecule has 5 rings (SSSR count). The quantitative estimate of drug-likeness (QED) is 0.761. The summed E-state index contributed by atoms with van der Waals surface area (Å²) in [5.74, 6) is -0.0864. The van der Waals surface area contributed by atoms with E-state index in [4.69, 9.17) is 11.6 Å². The number of rotatable bonds is 3. The molecule has 3 fully saturated rings. The van der Waals surface area contributed by atoms with Crippen LogP contribution >= 0.6 is 11.6 Å². The maximum atomic E-state index is 13.4. The summed E-state index contributed by atoms with van der Waals surface area (Å²) in [5, 5.41) is 10.1. The van der Waals surface area contributed by atoms with Gasteiger partial charge in [-0.15, -0.1) is 5.10 Å². The van der Waals surface area contributed by atoms with E-state index < -0.39 is 10.0 Å². The van der Waals surface area contributed by atoms with E-state index >= 15 is 0 Å². The molecule has 1 N–H and O–H groups in total. The number of fused-ring (bicyclic) bond motifs is 5. The number of nitrogens with one attached hydrogen (secondary N) is 1. The Morgan fingerprint density at radius 1 is 1.25 bits per heavy atom. The van der Waals surface area contributed by atoms with Gasteiger partial charge in [0.15, 0.2) is 5.69 Å². The molecule has 2 bridgehead atoms. The predicted molar refractivity (Wildman–Crippen MR) is 101 cm³/mol. The number of halogens is 1. The van der Waals surface area contributed by atoms with Gasteiger partial charge in [-0.25, -0.2) is 8.42 Å². The van der Waals surface area contributed by atoms with Gasteiger partial charge in [0.25, 0.3) is 5.91 Å². The van der Waals surface area contributed by atoms with Crippen molar-refractivity contribution in [1.29, 1.82) is 0 Å². The summed E-state index contributed by atoms with van der Waals surface area (Å²) in [5.41, 5.74) is 1.17. The van der Waals surface area contributed by atoms with Gasteiger partial charge in [0.05, 0.1) is 17.3 Å². The highest BCUT2D eigenvalue weighted by Gasteiger charge is 2.62. The van der Waals surface area contributed by atoms with E-state index in [0.29, 0.717) is 19.5 Å². The second kappa shape index (κ2) is 6.13. The monoisotopic (exact) mass is 419 g/mol. The van der Waals surface area contributed by atoms with Crippen molar-refractivity contribution in [2.75, 3.05) is 13.1 Å². The van der Waals surface area contributed by atoms with Crippen LogP contribution in [0.25, 0.3) is 0 Å². The molecule has 146 valence electrons. The van der Waals surface area contributed by atoms with Crippen molar-refractivity contribution in [3.05, 3.63) is 53.3 Å².